The maximum atomic E-state index is 4.47. The minimum atomic E-state index is 0.855. The summed E-state index contributed by atoms with van der Waals surface area (Å²) >= 11 is 0. The van der Waals surface area contributed by atoms with Crippen molar-refractivity contribution in [3.63, 3.8) is 0 Å². The number of aromatic nitrogens is 6. The molecule has 0 N–H and O–H groups in total. The molecule has 0 amide bonds. The van der Waals surface area contributed by atoms with Crippen LogP contribution in [0.3, 0.4) is 0 Å². The highest BCUT2D eigenvalue weighted by Gasteiger charge is 2.31. The zero-order valence-electron chi connectivity index (χ0n) is 16.9. The maximum absolute atomic E-state index is 4.47. The first kappa shape index (κ1) is 16.6. The second kappa shape index (κ2) is 6.16. The lowest BCUT2D eigenvalue weighted by Gasteiger charge is -2.08. The molecule has 0 radical (unpaired) electrons. The van der Waals surface area contributed by atoms with Gasteiger partial charge in [-0.05, 0) is 0 Å². The highest BCUT2D eigenvalue weighted by Crippen LogP contribution is 2.28. The summed E-state index contributed by atoms with van der Waals surface area (Å²) in [5.41, 5.74) is 0. The summed E-state index contributed by atoms with van der Waals surface area (Å²) in [4.78, 5) is 39.8. The fraction of sp³-hybridized carbons (Fsp3) is 0.667. The molecule has 6 aliphatic rings. The fourth-order valence-electron chi connectivity index (χ4n) is 3.04. The van der Waals surface area contributed by atoms with Gasteiger partial charge in [0.2, 0.25) is 35.7 Å². The van der Waals surface area contributed by atoms with E-state index in [1.54, 1.807) is 0 Å². The normalized spacial score (nSPS) is 22.0. The summed E-state index contributed by atoms with van der Waals surface area (Å²) in [6, 6.07) is 0. The van der Waals surface area contributed by atoms with Gasteiger partial charge in [-0.1, -0.05) is 0 Å². The van der Waals surface area contributed by atoms with E-state index in [2.05, 4.69) is 59.3 Å². The van der Waals surface area contributed by atoms with Crippen molar-refractivity contribution in [1.29, 1.82) is 0 Å². The molecule has 0 saturated carbocycles. The van der Waals surface area contributed by atoms with Crippen LogP contribution in [0.25, 0.3) is 0 Å². The zero-order chi connectivity index (χ0) is 19.7. The third-order valence-electron chi connectivity index (χ3n) is 5.58. The van der Waals surface area contributed by atoms with Gasteiger partial charge in [-0.2, -0.15) is 29.9 Å². The highest BCUT2D eigenvalue weighted by atomic mass is 15.5. The summed E-state index contributed by atoms with van der Waals surface area (Å²) in [5, 5.41) is 0. The Kier molecular flexibility index (Phi) is 3.41. The van der Waals surface area contributed by atoms with Crippen LogP contribution >= 0.6 is 0 Å². The molecule has 0 bridgehead atoms. The molecule has 2 aromatic heterocycles. The van der Waals surface area contributed by atoms with Gasteiger partial charge < -0.3 is 29.4 Å². The monoisotopic (exact) mass is 408 g/mol. The Morgan fingerprint density at radius 1 is 0.267 bits per heavy atom. The van der Waals surface area contributed by atoms with E-state index < -0.39 is 0 Å². The molecule has 0 spiro atoms. The van der Waals surface area contributed by atoms with Gasteiger partial charge in [0, 0.05) is 78.5 Å². The van der Waals surface area contributed by atoms with Gasteiger partial charge in [0.1, 0.15) is 0 Å². The summed E-state index contributed by atoms with van der Waals surface area (Å²) < 4.78 is 0. The highest BCUT2D eigenvalue weighted by molar-refractivity contribution is 5.54. The number of rotatable bonds is 6. The van der Waals surface area contributed by atoms with E-state index >= 15 is 0 Å². The van der Waals surface area contributed by atoms with Crippen LogP contribution in [0.4, 0.5) is 35.7 Å². The molecule has 8 heterocycles. The Hall–Kier alpha value is -3.18. The lowest BCUT2D eigenvalue weighted by atomic mass is 10.8. The third-order valence-corrected chi connectivity index (χ3v) is 5.58. The third kappa shape index (κ3) is 3.57. The standard InChI is InChI=1S/2C9H12N6/c2*1-2-13(1)7-10-8(14-3-4-14)12-9(11-7)15-5-6-15/h2*1-6H2. The predicted molar refractivity (Wildman–Crippen MR) is 113 cm³/mol. The van der Waals surface area contributed by atoms with Gasteiger partial charge in [0.15, 0.2) is 0 Å². The van der Waals surface area contributed by atoms with Crippen molar-refractivity contribution in [3.8, 4) is 0 Å². The van der Waals surface area contributed by atoms with Crippen LogP contribution in [-0.2, 0) is 0 Å². The topological polar surface area (TPSA) is 95.4 Å². The Morgan fingerprint density at radius 2 is 0.400 bits per heavy atom. The molecule has 0 unspecified atom stereocenters. The van der Waals surface area contributed by atoms with Gasteiger partial charge in [-0.25, -0.2) is 0 Å². The quantitative estimate of drug-likeness (QED) is 0.530. The van der Waals surface area contributed by atoms with Crippen LogP contribution in [0.2, 0.25) is 0 Å². The minimum absolute atomic E-state index is 0.855. The summed E-state index contributed by atoms with van der Waals surface area (Å²) in [6.07, 6.45) is 0. The minimum Gasteiger partial charge on any atom is -0.337 e. The van der Waals surface area contributed by atoms with Gasteiger partial charge >= 0.3 is 0 Å². The van der Waals surface area contributed by atoms with Crippen LogP contribution in [-0.4, -0.2) is 108 Å². The van der Waals surface area contributed by atoms with Crippen molar-refractivity contribution in [2.75, 3.05) is 108 Å². The average molecular weight is 408 g/mol. The lowest BCUT2D eigenvalue weighted by molar-refractivity contribution is 0.984. The van der Waals surface area contributed by atoms with E-state index in [0.717, 1.165) is 114 Å². The number of anilines is 6. The predicted octanol–water partition coefficient (Wildman–Crippen LogP) is -1.34. The molecule has 12 heteroatoms. The Balaban J connectivity index is 0.000000108. The van der Waals surface area contributed by atoms with E-state index in [4.69, 9.17) is 0 Å². The average Bonchev–Trinajstić information content (AvgIpc) is 3.64. The zero-order valence-corrected chi connectivity index (χ0v) is 16.9. The largest absolute Gasteiger partial charge is 0.337 e. The van der Waals surface area contributed by atoms with Crippen molar-refractivity contribution < 1.29 is 0 Å². The van der Waals surface area contributed by atoms with Crippen molar-refractivity contribution in [1.82, 2.24) is 29.9 Å². The molecular formula is C18H24N12. The van der Waals surface area contributed by atoms with Crippen molar-refractivity contribution >= 4 is 35.7 Å². The first-order chi connectivity index (χ1) is 14.8. The lowest BCUT2D eigenvalue weighted by Crippen LogP contribution is -2.09. The number of hydrogen-bond donors (Lipinski definition) is 0. The smallest absolute Gasteiger partial charge is 0.232 e. The Morgan fingerprint density at radius 3 is 0.500 bits per heavy atom. The Bertz CT molecular complexity index is 745. The Labute approximate surface area is 174 Å². The van der Waals surface area contributed by atoms with Gasteiger partial charge in [0.25, 0.3) is 0 Å². The van der Waals surface area contributed by atoms with E-state index in [1.807, 2.05) is 0 Å². The molecule has 0 atom stereocenters. The number of hydrogen-bond acceptors (Lipinski definition) is 12. The molecule has 156 valence electrons. The molecular weight excluding hydrogens is 384 g/mol. The number of nitrogens with zero attached hydrogens (tertiary/aromatic N) is 12. The first-order valence-corrected chi connectivity index (χ1v) is 10.8. The van der Waals surface area contributed by atoms with Crippen LogP contribution < -0.4 is 29.4 Å². The molecule has 30 heavy (non-hydrogen) atoms. The molecule has 0 aliphatic carbocycles. The first-order valence-electron chi connectivity index (χ1n) is 10.8. The van der Waals surface area contributed by atoms with E-state index in [1.165, 1.54) is 0 Å². The van der Waals surface area contributed by atoms with E-state index in [0.29, 0.717) is 0 Å². The van der Waals surface area contributed by atoms with Crippen LogP contribution in [0.5, 0.6) is 0 Å². The van der Waals surface area contributed by atoms with E-state index in [-0.39, 0.29) is 0 Å². The van der Waals surface area contributed by atoms with Crippen molar-refractivity contribution in [2.45, 2.75) is 0 Å². The van der Waals surface area contributed by atoms with Crippen molar-refractivity contribution in [2.24, 2.45) is 0 Å². The molecule has 0 aromatic carbocycles. The van der Waals surface area contributed by atoms with Gasteiger partial charge in [-0.15, -0.1) is 0 Å². The second-order valence-electron chi connectivity index (χ2n) is 8.39. The summed E-state index contributed by atoms with van der Waals surface area (Å²) in [6.45, 7) is 13.0. The molecule has 2 aromatic rings. The maximum Gasteiger partial charge on any atom is 0.232 e. The molecule has 8 rings (SSSR count). The summed E-state index contributed by atoms with van der Waals surface area (Å²) in [7, 11) is 0. The molecule has 6 saturated heterocycles. The van der Waals surface area contributed by atoms with Crippen molar-refractivity contribution in [3.05, 3.63) is 0 Å². The second-order valence-corrected chi connectivity index (χ2v) is 8.39. The van der Waals surface area contributed by atoms with Crippen LogP contribution in [0.15, 0.2) is 0 Å². The molecule has 6 aliphatic heterocycles. The van der Waals surface area contributed by atoms with Gasteiger partial charge in [-0.3, -0.25) is 0 Å². The molecule has 6 fully saturated rings. The van der Waals surface area contributed by atoms with Crippen LogP contribution in [0.1, 0.15) is 0 Å². The summed E-state index contributed by atoms with van der Waals surface area (Å²) in [5.74, 6) is 5.13. The van der Waals surface area contributed by atoms with Crippen LogP contribution in [0, 0.1) is 0 Å². The fourth-order valence-corrected chi connectivity index (χ4v) is 3.04. The van der Waals surface area contributed by atoms with Gasteiger partial charge in [0.05, 0.1) is 0 Å². The SMILES string of the molecule is C1CN1c1nc(N2CC2)nc(N2CC2)n1.C1CN1c1nc(N2CC2)nc(N2CC2)n1. The van der Waals surface area contributed by atoms with E-state index in [9.17, 15) is 0 Å². The molecule has 12 nitrogen and oxygen atoms in total.